The summed E-state index contributed by atoms with van der Waals surface area (Å²) in [7, 11) is 0. The second-order valence-corrected chi connectivity index (χ2v) is 4.95. The summed E-state index contributed by atoms with van der Waals surface area (Å²) in [5.41, 5.74) is 0. The molecule has 2 N–H and O–H groups in total. The van der Waals surface area contributed by atoms with Crippen LogP contribution in [0.3, 0.4) is 0 Å². The SMILES string of the molecule is CC(C)COCC(O)C(CO)OCC(C)C. The number of rotatable bonds is 9. The van der Waals surface area contributed by atoms with Gasteiger partial charge in [0.05, 0.1) is 13.2 Å². The molecule has 0 radical (unpaired) electrons. The lowest BCUT2D eigenvalue weighted by atomic mass is 10.2. The number of aliphatic hydroxyl groups is 2. The molecule has 0 aliphatic rings. The quantitative estimate of drug-likeness (QED) is 0.626. The average Bonchev–Trinajstić information content (AvgIpc) is 2.17. The normalized spacial score (nSPS) is 15.8. The number of hydrogen-bond donors (Lipinski definition) is 2. The molecule has 0 fully saturated rings. The van der Waals surface area contributed by atoms with E-state index >= 15 is 0 Å². The molecule has 16 heavy (non-hydrogen) atoms. The molecule has 0 aliphatic carbocycles. The summed E-state index contributed by atoms with van der Waals surface area (Å²) in [5, 5.41) is 18.8. The highest BCUT2D eigenvalue weighted by Gasteiger charge is 2.19. The molecule has 4 heteroatoms. The van der Waals surface area contributed by atoms with Gasteiger partial charge in [-0.1, -0.05) is 27.7 Å². The first-order valence-electron chi connectivity index (χ1n) is 5.95. The van der Waals surface area contributed by atoms with Crippen molar-refractivity contribution in [2.75, 3.05) is 26.4 Å². The molecule has 0 aromatic heterocycles. The lowest BCUT2D eigenvalue weighted by molar-refractivity contribution is -0.0977. The molecule has 0 bridgehead atoms. The Kier molecular flexibility index (Phi) is 8.84. The largest absolute Gasteiger partial charge is 0.394 e. The summed E-state index contributed by atoms with van der Waals surface area (Å²) >= 11 is 0. The van der Waals surface area contributed by atoms with Crippen LogP contribution in [-0.4, -0.2) is 48.8 Å². The van der Waals surface area contributed by atoms with Gasteiger partial charge in [0.1, 0.15) is 12.2 Å². The monoisotopic (exact) mass is 234 g/mol. The second-order valence-electron chi connectivity index (χ2n) is 4.95. The molecule has 0 saturated carbocycles. The molecule has 0 amide bonds. The fraction of sp³-hybridized carbons (Fsp3) is 1.00. The molecular formula is C12H26O4. The van der Waals surface area contributed by atoms with Crippen molar-refractivity contribution in [3.63, 3.8) is 0 Å². The van der Waals surface area contributed by atoms with Gasteiger partial charge in [0.25, 0.3) is 0 Å². The number of hydrogen-bond acceptors (Lipinski definition) is 4. The summed E-state index contributed by atoms with van der Waals surface area (Å²) in [5.74, 6) is 0.828. The fourth-order valence-electron chi connectivity index (χ4n) is 1.13. The third kappa shape index (κ3) is 8.05. The summed E-state index contributed by atoms with van der Waals surface area (Å²) in [4.78, 5) is 0. The highest BCUT2D eigenvalue weighted by atomic mass is 16.5. The number of aliphatic hydroxyl groups excluding tert-OH is 2. The topological polar surface area (TPSA) is 58.9 Å². The van der Waals surface area contributed by atoms with Crippen molar-refractivity contribution < 1.29 is 19.7 Å². The molecule has 0 rings (SSSR count). The Morgan fingerprint density at radius 1 is 0.938 bits per heavy atom. The van der Waals surface area contributed by atoms with Gasteiger partial charge < -0.3 is 19.7 Å². The van der Waals surface area contributed by atoms with Crippen molar-refractivity contribution >= 4 is 0 Å². The maximum atomic E-state index is 9.72. The smallest absolute Gasteiger partial charge is 0.109 e. The Balaban J connectivity index is 3.77. The van der Waals surface area contributed by atoms with Crippen molar-refractivity contribution in [3.05, 3.63) is 0 Å². The van der Waals surface area contributed by atoms with Gasteiger partial charge in [0.2, 0.25) is 0 Å². The van der Waals surface area contributed by atoms with Crippen molar-refractivity contribution in [2.24, 2.45) is 11.8 Å². The Hall–Kier alpha value is -0.160. The first-order valence-corrected chi connectivity index (χ1v) is 5.95. The Morgan fingerprint density at radius 3 is 1.94 bits per heavy atom. The van der Waals surface area contributed by atoms with Gasteiger partial charge in [-0.15, -0.1) is 0 Å². The molecule has 0 heterocycles. The van der Waals surface area contributed by atoms with Crippen LogP contribution in [0.1, 0.15) is 27.7 Å². The predicted molar refractivity (Wildman–Crippen MR) is 63.3 cm³/mol. The van der Waals surface area contributed by atoms with Crippen LogP contribution in [0.5, 0.6) is 0 Å². The molecular weight excluding hydrogens is 208 g/mol. The van der Waals surface area contributed by atoms with Crippen LogP contribution >= 0.6 is 0 Å². The summed E-state index contributed by atoms with van der Waals surface area (Å²) in [6.45, 7) is 9.31. The van der Waals surface area contributed by atoms with Crippen molar-refractivity contribution in [1.82, 2.24) is 0 Å². The Bertz CT molecular complexity index is 159. The summed E-state index contributed by atoms with van der Waals surface area (Å²) < 4.78 is 10.7. The minimum absolute atomic E-state index is 0.182. The lowest BCUT2D eigenvalue weighted by Gasteiger charge is -2.22. The molecule has 0 saturated heterocycles. The molecule has 2 unspecified atom stereocenters. The van der Waals surface area contributed by atoms with Crippen molar-refractivity contribution in [3.8, 4) is 0 Å². The van der Waals surface area contributed by atoms with Gasteiger partial charge in [0, 0.05) is 13.2 Å². The van der Waals surface area contributed by atoms with Gasteiger partial charge in [0.15, 0.2) is 0 Å². The van der Waals surface area contributed by atoms with E-state index in [4.69, 9.17) is 14.6 Å². The summed E-state index contributed by atoms with van der Waals surface area (Å²) in [6.07, 6.45) is -1.31. The fourth-order valence-corrected chi connectivity index (χ4v) is 1.13. The van der Waals surface area contributed by atoms with Crippen LogP contribution in [0.25, 0.3) is 0 Å². The highest BCUT2D eigenvalue weighted by Crippen LogP contribution is 2.04. The maximum Gasteiger partial charge on any atom is 0.109 e. The van der Waals surface area contributed by atoms with E-state index in [-0.39, 0.29) is 13.2 Å². The minimum Gasteiger partial charge on any atom is -0.394 e. The zero-order valence-electron chi connectivity index (χ0n) is 10.8. The maximum absolute atomic E-state index is 9.72. The van der Waals surface area contributed by atoms with E-state index in [1.807, 2.05) is 27.7 Å². The molecule has 0 aromatic rings. The predicted octanol–water partition coefficient (Wildman–Crippen LogP) is 1.05. The van der Waals surface area contributed by atoms with Gasteiger partial charge in [-0.2, -0.15) is 0 Å². The van der Waals surface area contributed by atoms with Crippen LogP contribution in [0, 0.1) is 11.8 Å². The molecule has 0 aliphatic heterocycles. The average molecular weight is 234 g/mol. The number of ether oxygens (including phenoxy) is 2. The second kappa shape index (κ2) is 8.93. The van der Waals surface area contributed by atoms with Gasteiger partial charge in [-0.3, -0.25) is 0 Å². The zero-order chi connectivity index (χ0) is 12.6. The zero-order valence-corrected chi connectivity index (χ0v) is 10.8. The van der Waals surface area contributed by atoms with E-state index in [1.54, 1.807) is 0 Å². The van der Waals surface area contributed by atoms with Crippen molar-refractivity contribution in [1.29, 1.82) is 0 Å². The first-order chi connectivity index (χ1) is 7.47. The third-order valence-corrected chi connectivity index (χ3v) is 1.99. The summed E-state index contributed by atoms with van der Waals surface area (Å²) in [6, 6.07) is 0. The molecule has 0 aromatic carbocycles. The van der Waals surface area contributed by atoms with E-state index in [0.29, 0.717) is 25.0 Å². The van der Waals surface area contributed by atoms with Crippen LogP contribution in [0.15, 0.2) is 0 Å². The highest BCUT2D eigenvalue weighted by molar-refractivity contribution is 4.68. The Labute approximate surface area is 98.6 Å². The molecule has 98 valence electrons. The minimum atomic E-state index is -0.762. The molecule has 4 nitrogen and oxygen atoms in total. The van der Waals surface area contributed by atoms with Gasteiger partial charge in [-0.25, -0.2) is 0 Å². The van der Waals surface area contributed by atoms with E-state index < -0.39 is 12.2 Å². The van der Waals surface area contributed by atoms with Crippen molar-refractivity contribution in [2.45, 2.75) is 39.9 Å². The molecule has 2 atom stereocenters. The first kappa shape index (κ1) is 15.8. The van der Waals surface area contributed by atoms with E-state index in [2.05, 4.69) is 0 Å². The van der Waals surface area contributed by atoms with Crippen LogP contribution in [0.2, 0.25) is 0 Å². The van der Waals surface area contributed by atoms with Crippen LogP contribution in [-0.2, 0) is 9.47 Å². The molecule has 0 spiro atoms. The third-order valence-electron chi connectivity index (χ3n) is 1.99. The van der Waals surface area contributed by atoms with E-state index in [0.717, 1.165) is 0 Å². The van der Waals surface area contributed by atoms with Gasteiger partial charge >= 0.3 is 0 Å². The Morgan fingerprint density at radius 2 is 1.50 bits per heavy atom. The van der Waals surface area contributed by atoms with Gasteiger partial charge in [-0.05, 0) is 11.8 Å². The standard InChI is InChI=1S/C12H26O4/c1-9(2)6-15-8-11(14)12(5-13)16-7-10(3)4/h9-14H,5-8H2,1-4H3. The van der Waals surface area contributed by atoms with Crippen LogP contribution in [0.4, 0.5) is 0 Å². The lowest BCUT2D eigenvalue weighted by Crippen LogP contribution is -2.37. The van der Waals surface area contributed by atoms with E-state index in [9.17, 15) is 5.11 Å². The van der Waals surface area contributed by atoms with Crippen LogP contribution < -0.4 is 0 Å². The van der Waals surface area contributed by atoms with E-state index in [1.165, 1.54) is 0 Å².